The molecule has 8 bridgehead atoms. The molecule has 6 heterocycles. The monoisotopic (exact) mass is 1010 g/mol. The Labute approximate surface area is 429 Å². The van der Waals surface area contributed by atoms with Gasteiger partial charge in [-0.05, 0) is 169 Å². The second-order valence-electron chi connectivity index (χ2n) is 24.4. The molecule has 8 atom stereocenters. The number of aliphatic imine (C=N–C) groups is 1. The first-order chi connectivity index (χ1) is 34.2. The van der Waals surface area contributed by atoms with Gasteiger partial charge in [0.05, 0.1) is 6.10 Å². The van der Waals surface area contributed by atoms with E-state index in [1.165, 1.54) is 77.6 Å². The van der Waals surface area contributed by atoms with E-state index in [0.29, 0.717) is 92.5 Å². The van der Waals surface area contributed by atoms with Crippen LogP contribution in [0, 0.1) is 28.1 Å². The van der Waals surface area contributed by atoms with Crippen LogP contribution in [0.15, 0.2) is 41.5 Å². The number of aliphatic hydroxyl groups excluding tert-OH is 1. The molecule has 6 fully saturated rings. The van der Waals surface area contributed by atoms with Crippen molar-refractivity contribution in [2.75, 3.05) is 24.6 Å². The molecule has 4 spiro atoms. The SMILES string of the molecule is CC(=O)OC12CCc3cc(c(O)c4c3C3C=CC5(CCCC5C3)O4)CN3CC(Cc4ccnc(N)c4)(CCN=C(N)NC4(CCCC45CCCC5)SSCC4(CCCC4)CCCC(CC1)C(O)C2)CC3=O. The van der Waals surface area contributed by atoms with Crippen molar-refractivity contribution >= 4 is 45.2 Å². The number of carbonyl (C=O) groups is 2. The van der Waals surface area contributed by atoms with Gasteiger partial charge in [-0.3, -0.25) is 14.6 Å². The number of hydrogen-bond donors (Lipinski definition) is 5. The molecule has 5 saturated carbocycles. The highest BCUT2D eigenvalue weighted by Crippen LogP contribution is 2.64. The van der Waals surface area contributed by atoms with E-state index in [0.717, 1.165) is 73.8 Å². The molecule has 12 nitrogen and oxygen atoms in total. The summed E-state index contributed by atoms with van der Waals surface area (Å²) in [6.45, 7) is 2.68. The number of nitrogens with one attached hydrogen (secondary N) is 1. The summed E-state index contributed by atoms with van der Waals surface area (Å²) in [6, 6.07) is 6.03. The number of nitrogen functional groups attached to an aromatic ring is 1. The Morgan fingerprint density at radius 1 is 0.944 bits per heavy atom. The minimum Gasteiger partial charge on any atom is -0.504 e. The van der Waals surface area contributed by atoms with Crippen molar-refractivity contribution in [3.8, 4) is 11.5 Å². The number of aryl methyl sites for hydroxylation is 1. The van der Waals surface area contributed by atoms with Gasteiger partial charge in [0.2, 0.25) is 5.91 Å². The van der Waals surface area contributed by atoms with E-state index >= 15 is 0 Å². The van der Waals surface area contributed by atoms with Crippen LogP contribution in [0.1, 0.15) is 189 Å². The first-order valence-corrected chi connectivity index (χ1v) is 30.1. The third-order valence-corrected chi connectivity index (χ3v) is 23.4. The molecule has 5 aliphatic heterocycles. The molecule has 386 valence electrons. The summed E-state index contributed by atoms with van der Waals surface area (Å²) < 4.78 is 13.5. The number of esters is 1. The second-order valence-corrected chi connectivity index (χ2v) is 27.0. The number of phenols is 1. The van der Waals surface area contributed by atoms with E-state index in [-0.39, 0.29) is 46.3 Å². The number of pyridine rings is 1. The van der Waals surface area contributed by atoms with E-state index in [4.69, 9.17) is 25.9 Å². The largest absolute Gasteiger partial charge is 0.504 e. The van der Waals surface area contributed by atoms with Crippen molar-refractivity contribution < 1.29 is 29.3 Å². The third kappa shape index (κ3) is 9.59. The number of benzene rings is 1. The molecule has 2 aromatic rings. The Hall–Kier alpha value is -3.62. The van der Waals surface area contributed by atoms with Crippen LogP contribution in [-0.2, 0) is 33.7 Å². The van der Waals surface area contributed by atoms with Crippen LogP contribution < -0.4 is 21.5 Å². The lowest BCUT2D eigenvalue weighted by atomic mass is 9.71. The normalized spacial score (nSPS) is 35.8. The summed E-state index contributed by atoms with van der Waals surface area (Å²) in [7, 11) is 4.13. The Kier molecular flexibility index (Phi) is 13.7. The van der Waals surface area contributed by atoms with Crippen molar-refractivity contribution in [3.63, 3.8) is 0 Å². The molecule has 8 unspecified atom stereocenters. The minimum absolute atomic E-state index is 0.0357. The first-order valence-electron chi connectivity index (χ1n) is 27.7. The lowest BCUT2D eigenvalue weighted by Crippen LogP contribution is -2.55. The predicted molar refractivity (Wildman–Crippen MR) is 283 cm³/mol. The van der Waals surface area contributed by atoms with Crippen LogP contribution in [-0.4, -0.2) is 79.0 Å². The number of nitrogens with two attached hydrogens (primary N) is 2. The summed E-state index contributed by atoms with van der Waals surface area (Å²) in [5.41, 5.74) is 15.8. The molecule has 7 N–H and O–H groups in total. The molecule has 1 amide bonds. The number of aliphatic hydroxyl groups is 1. The maximum Gasteiger partial charge on any atom is 0.303 e. The van der Waals surface area contributed by atoms with Crippen LogP contribution in [0.2, 0.25) is 0 Å². The number of rotatable bonds is 3. The van der Waals surface area contributed by atoms with Gasteiger partial charge in [-0.2, -0.15) is 0 Å². The van der Waals surface area contributed by atoms with E-state index in [2.05, 4.69) is 50.1 Å². The predicted octanol–water partition coefficient (Wildman–Crippen LogP) is 10.6. The van der Waals surface area contributed by atoms with Gasteiger partial charge >= 0.3 is 5.97 Å². The summed E-state index contributed by atoms with van der Waals surface area (Å²) in [6.07, 6.45) is 31.2. The number of phenolic OH excluding ortho intramolecular Hbond substituents is 1. The number of allylic oxidation sites excluding steroid dienone is 1. The summed E-state index contributed by atoms with van der Waals surface area (Å²) in [5, 5.41) is 28.5. The van der Waals surface area contributed by atoms with Gasteiger partial charge in [0, 0.05) is 85.1 Å². The van der Waals surface area contributed by atoms with Gasteiger partial charge < -0.3 is 41.4 Å². The molecule has 0 radical (unpaired) electrons. The highest BCUT2D eigenvalue weighted by molar-refractivity contribution is 8.77. The number of hydrogen-bond acceptors (Lipinski definition) is 13. The molecule has 11 aliphatic rings. The number of guanidine groups is 1. The molecule has 1 saturated heterocycles. The average Bonchev–Trinajstić information content (AvgIpc) is 4.17. The number of fused-ring (bicyclic) bond motifs is 10. The molecule has 71 heavy (non-hydrogen) atoms. The van der Waals surface area contributed by atoms with Gasteiger partial charge in [0.15, 0.2) is 17.5 Å². The Bertz CT molecular complexity index is 2400. The number of nitrogens with zero attached hydrogens (tertiary/aromatic N) is 3. The fourth-order valence-corrected chi connectivity index (χ4v) is 20.5. The lowest BCUT2D eigenvalue weighted by Gasteiger charge is -2.44. The Morgan fingerprint density at radius 2 is 1.73 bits per heavy atom. The van der Waals surface area contributed by atoms with E-state index in [9.17, 15) is 19.8 Å². The molecule has 1 aromatic carbocycles. The number of carbonyl (C=O) groups excluding carboxylic acids is 2. The van der Waals surface area contributed by atoms with Crippen molar-refractivity contribution in [2.24, 2.45) is 38.8 Å². The third-order valence-electron chi connectivity index (χ3n) is 19.9. The number of aromatic hydroxyl groups is 1. The van der Waals surface area contributed by atoms with Crippen molar-refractivity contribution in [1.29, 1.82) is 0 Å². The van der Waals surface area contributed by atoms with Gasteiger partial charge in [-0.15, -0.1) is 0 Å². The van der Waals surface area contributed by atoms with Crippen molar-refractivity contribution in [3.05, 3.63) is 58.8 Å². The fourth-order valence-electron chi connectivity index (χ4n) is 16.3. The molecular weight excluding hydrogens is 929 g/mol. The first kappa shape index (κ1) is 49.6. The smallest absolute Gasteiger partial charge is 0.303 e. The molecule has 1 aromatic heterocycles. The number of amides is 1. The zero-order valence-electron chi connectivity index (χ0n) is 42.3. The molecule has 14 heteroatoms. The van der Waals surface area contributed by atoms with Gasteiger partial charge in [-0.1, -0.05) is 59.8 Å². The van der Waals surface area contributed by atoms with E-state index in [1.54, 1.807) is 6.20 Å². The van der Waals surface area contributed by atoms with Crippen LogP contribution >= 0.6 is 21.6 Å². The zero-order valence-corrected chi connectivity index (χ0v) is 44.0. The highest BCUT2D eigenvalue weighted by atomic mass is 33.1. The maximum absolute atomic E-state index is 14.6. The quantitative estimate of drug-likeness (QED) is 0.112. The molecule has 13 rings (SSSR count). The standard InChI is InChI=1S/C57H80N6O6S2/c1-38(64)68-55-23-11-40(45(65)33-55)9-6-17-52(15-2-3-16-52)37-70-71-57(22-8-20-54(57)18-4-5-19-54)62-51(59)61-28-26-53(32-39-14-27-60-46(58)29-39)34-47(66)63(36-53)35-43-30-41(12-24-55)48-42-13-25-56(69-50(48)49(43)67)21-7-10-44(56)31-42/h13-14,25,27,29-30,40,42,44-45,65,67H,2-12,15-24,26,28,31-37H2,1H3,(H2,58,60)(H3,59,61,62). The van der Waals surface area contributed by atoms with Crippen LogP contribution in [0.3, 0.4) is 0 Å². The second kappa shape index (κ2) is 19.6. The highest BCUT2D eigenvalue weighted by Gasteiger charge is 2.57. The van der Waals surface area contributed by atoms with Gasteiger partial charge in [0.25, 0.3) is 0 Å². The average molecular weight is 1010 g/mol. The molecular formula is C57H80N6O6S2. The van der Waals surface area contributed by atoms with Crippen LogP contribution in [0.25, 0.3) is 0 Å². The number of anilines is 1. The Balaban J connectivity index is 0.953. The van der Waals surface area contributed by atoms with Gasteiger partial charge in [-0.25, -0.2) is 4.98 Å². The van der Waals surface area contributed by atoms with Crippen molar-refractivity contribution in [1.82, 2.24) is 15.2 Å². The fraction of sp³-hybridized carbons (Fsp3) is 0.719. The van der Waals surface area contributed by atoms with Crippen molar-refractivity contribution in [2.45, 2.75) is 209 Å². The minimum atomic E-state index is -0.805. The Morgan fingerprint density at radius 3 is 2.54 bits per heavy atom. The maximum atomic E-state index is 14.6. The number of ether oxygens (including phenoxy) is 2. The summed E-state index contributed by atoms with van der Waals surface area (Å²) in [4.78, 5) is 38.7. The van der Waals surface area contributed by atoms with Crippen LogP contribution in [0.4, 0.5) is 5.82 Å². The number of aromatic nitrogens is 1. The zero-order chi connectivity index (χ0) is 49.1. The summed E-state index contributed by atoms with van der Waals surface area (Å²) in [5.74, 6) is 3.07. The van der Waals surface area contributed by atoms with Gasteiger partial charge in [0.1, 0.15) is 21.9 Å². The molecule has 6 aliphatic carbocycles. The van der Waals surface area contributed by atoms with Crippen LogP contribution in [0.5, 0.6) is 11.5 Å². The lowest BCUT2D eigenvalue weighted by molar-refractivity contribution is -0.169. The topological polar surface area (TPSA) is 186 Å². The summed E-state index contributed by atoms with van der Waals surface area (Å²) >= 11 is 0. The van der Waals surface area contributed by atoms with E-state index < -0.39 is 22.7 Å². The van der Waals surface area contributed by atoms with E-state index in [1.807, 2.05) is 17.0 Å².